The fourth-order valence-corrected chi connectivity index (χ4v) is 2.81. The normalized spacial score (nSPS) is 12.3. The highest BCUT2D eigenvalue weighted by Crippen LogP contribution is 2.28. The van der Waals surface area contributed by atoms with Crippen molar-refractivity contribution in [2.45, 2.75) is 47.1 Å². The van der Waals surface area contributed by atoms with Crippen LogP contribution in [0.2, 0.25) is 0 Å². The maximum Gasteiger partial charge on any atom is 0.275 e. The molecule has 2 N–H and O–H groups in total. The molecular formula is C16H24N2O4. The first-order valence-electron chi connectivity index (χ1n) is 7.35. The average molecular weight is 308 g/mol. The largest absolute Gasteiger partial charge is 0.394 e. The number of rotatable bonds is 6. The molecule has 0 aliphatic rings. The van der Waals surface area contributed by atoms with Gasteiger partial charge in [0.15, 0.2) is 0 Å². The Morgan fingerprint density at radius 3 is 2.36 bits per heavy atom. The molecule has 1 rings (SSSR count). The first-order valence-corrected chi connectivity index (χ1v) is 7.35. The van der Waals surface area contributed by atoms with Crippen molar-refractivity contribution in [3.8, 4) is 0 Å². The Kier molecular flexibility index (Phi) is 6.05. The Hall–Kier alpha value is -1.95. The van der Waals surface area contributed by atoms with E-state index in [1.54, 1.807) is 26.8 Å². The summed E-state index contributed by atoms with van der Waals surface area (Å²) in [7, 11) is 0. The molecule has 0 spiro atoms. The Morgan fingerprint density at radius 1 is 1.32 bits per heavy atom. The molecular weight excluding hydrogens is 284 g/mol. The Labute approximate surface area is 130 Å². The van der Waals surface area contributed by atoms with Crippen LogP contribution in [0, 0.1) is 36.8 Å². The van der Waals surface area contributed by atoms with Crippen molar-refractivity contribution in [3.63, 3.8) is 0 Å². The quantitative estimate of drug-likeness (QED) is 0.624. The summed E-state index contributed by atoms with van der Waals surface area (Å²) in [5, 5.41) is 23.3. The number of aliphatic hydroxyl groups excluding tert-OH is 1. The average Bonchev–Trinajstić information content (AvgIpc) is 2.35. The van der Waals surface area contributed by atoms with E-state index in [9.17, 15) is 20.0 Å². The van der Waals surface area contributed by atoms with Crippen LogP contribution in [0.1, 0.15) is 47.3 Å². The highest BCUT2D eigenvalue weighted by Gasteiger charge is 2.25. The van der Waals surface area contributed by atoms with Gasteiger partial charge in [-0.1, -0.05) is 13.8 Å². The summed E-state index contributed by atoms with van der Waals surface area (Å²) in [6.07, 6.45) is 0.647. The molecule has 0 saturated carbocycles. The molecule has 0 heterocycles. The number of nitro groups is 1. The number of nitrogens with zero attached hydrogens (tertiary/aromatic N) is 1. The van der Waals surface area contributed by atoms with Crippen molar-refractivity contribution in [1.29, 1.82) is 0 Å². The summed E-state index contributed by atoms with van der Waals surface area (Å²) in [5.74, 6) is -0.0511. The van der Waals surface area contributed by atoms with Crippen molar-refractivity contribution in [2.75, 3.05) is 6.61 Å². The van der Waals surface area contributed by atoms with Gasteiger partial charge in [-0.25, -0.2) is 0 Å². The van der Waals surface area contributed by atoms with Gasteiger partial charge >= 0.3 is 0 Å². The van der Waals surface area contributed by atoms with E-state index < -0.39 is 4.92 Å². The molecule has 0 aliphatic heterocycles. The minimum atomic E-state index is -0.460. The van der Waals surface area contributed by atoms with Crippen LogP contribution in [0.3, 0.4) is 0 Å². The summed E-state index contributed by atoms with van der Waals surface area (Å²) in [6, 6.07) is 1.29. The van der Waals surface area contributed by atoms with Crippen LogP contribution in [-0.2, 0) is 0 Å². The number of hydrogen-bond acceptors (Lipinski definition) is 4. The van der Waals surface area contributed by atoms with Crippen LogP contribution in [0.25, 0.3) is 0 Å². The van der Waals surface area contributed by atoms with Crippen LogP contribution >= 0.6 is 0 Å². The molecule has 0 saturated heterocycles. The van der Waals surface area contributed by atoms with Crippen LogP contribution < -0.4 is 5.32 Å². The van der Waals surface area contributed by atoms with Crippen molar-refractivity contribution in [1.82, 2.24) is 5.32 Å². The standard InChI is InChI=1S/C16H24N2O4/c1-9(2)6-13(8-19)17-16(20)14-10(3)7-11(4)15(12(14)5)18(21)22/h7,9,13,19H,6,8H2,1-5H3,(H,17,20). The lowest BCUT2D eigenvalue weighted by atomic mass is 9.96. The molecule has 1 aromatic carbocycles. The third-order valence-electron chi connectivity index (χ3n) is 3.65. The van der Waals surface area contributed by atoms with Crippen molar-refractivity contribution >= 4 is 11.6 Å². The molecule has 6 heteroatoms. The van der Waals surface area contributed by atoms with E-state index in [4.69, 9.17) is 0 Å². The number of benzene rings is 1. The van der Waals surface area contributed by atoms with E-state index >= 15 is 0 Å². The van der Waals surface area contributed by atoms with E-state index in [0.717, 1.165) is 0 Å². The van der Waals surface area contributed by atoms with Gasteiger partial charge in [0.2, 0.25) is 0 Å². The van der Waals surface area contributed by atoms with Crippen molar-refractivity contribution in [2.24, 2.45) is 5.92 Å². The first kappa shape index (κ1) is 18.1. The summed E-state index contributed by atoms with van der Waals surface area (Å²) in [5.41, 5.74) is 1.89. The Bertz CT molecular complexity index is 582. The van der Waals surface area contributed by atoms with E-state index in [1.807, 2.05) is 13.8 Å². The lowest BCUT2D eigenvalue weighted by Gasteiger charge is -2.20. The molecule has 1 aromatic rings. The van der Waals surface area contributed by atoms with Crippen LogP contribution in [0.5, 0.6) is 0 Å². The highest BCUT2D eigenvalue weighted by molar-refractivity contribution is 5.98. The molecule has 1 atom stereocenters. The van der Waals surface area contributed by atoms with Gasteiger partial charge in [-0.05, 0) is 44.7 Å². The van der Waals surface area contributed by atoms with E-state index in [2.05, 4.69) is 5.32 Å². The van der Waals surface area contributed by atoms with E-state index in [-0.39, 0.29) is 24.2 Å². The number of nitro benzene ring substituents is 1. The zero-order chi connectivity index (χ0) is 17.0. The second-order valence-electron chi connectivity index (χ2n) is 6.10. The van der Waals surface area contributed by atoms with Gasteiger partial charge in [0, 0.05) is 11.1 Å². The molecule has 0 aromatic heterocycles. The monoisotopic (exact) mass is 308 g/mol. The van der Waals surface area contributed by atoms with Gasteiger partial charge < -0.3 is 10.4 Å². The van der Waals surface area contributed by atoms with Gasteiger partial charge in [-0.15, -0.1) is 0 Å². The van der Waals surface area contributed by atoms with Gasteiger partial charge in [0.25, 0.3) is 11.6 Å². The predicted octanol–water partition coefficient (Wildman–Crippen LogP) is 2.66. The summed E-state index contributed by atoms with van der Waals surface area (Å²) < 4.78 is 0. The molecule has 0 bridgehead atoms. The fraction of sp³-hybridized carbons (Fsp3) is 0.562. The van der Waals surface area contributed by atoms with Gasteiger partial charge in [0.1, 0.15) is 0 Å². The molecule has 1 amide bonds. The predicted molar refractivity (Wildman–Crippen MR) is 85.1 cm³/mol. The summed E-state index contributed by atoms with van der Waals surface area (Å²) in [6.45, 7) is 8.85. The zero-order valence-electron chi connectivity index (χ0n) is 13.8. The second kappa shape index (κ2) is 7.35. The van der Waals surface area contributed by atoms with Gasteiger partial charge in [0.05, 0.1) is 23.1 Å². The van der Waals surface area contributed by atoms with Gasteiger partial charge in [-0.3, -0.25) is 14.9 Å². The number of amides is 1. The zero-order valence-corrected chi connectivity index (χ0v) is 13.8. The molecule has 6 nitrogen and oxygen atoms in total. The number of nitrogens with one attached hydrogen (secondary N) is 1. The third kappa shape index (κ3) is 4.04. The summed E-state index contributed by atoms with van der Waals surface area (Å²) >= 11 is 0. The fourth-order valence-electron chi connectivity index (χ4n) is 2.81. The number of aryl methyl sites for hydroxylation is 2. The molecule has 0 aliphatic carbocycles. The summed E-state index contributed by atoms with van der Waals surface area (Å²) in [4.78, 5) is 23.2. The second-order valence-corrected chi connectivity index (χ2v) is 6.10. The first-order chi connectivity index (χ1) is 10.2. The van der Waals surface area contributed by atoms with Crippen LogP contribution in [0.4, 0.5) is 5.69 Å². The minimum absolute atomic E-state index is 0.0276. The van der Waals surface area contributed by atoms with E-state index in [0.29, 0.717) is 34.6 Å². The number of hydrogen-bond donors (Lipinski definition) is 2. The van der Waals surface area contributed by atoms with Crippen molar-refractivity contribution in [3.05, 3.63) is 38.4 Å². The van der Waals surface area contributed by atoms with Crippen LogP contribution in [-0.4, -0.2) is 28.6 Å². The third-order valence-corrected chi connectivity index (χ3v) is 3.65. The molecule has 22 heavy (non-hydrogen) atoms. The Morgan fingerprint density at radius 2 is 1.91 bits per heavy atom. The lowest BCUT2D eigenvalue weighted by molar-refractivity contribution is -0.386. The Balaban J connectivity index is 3.18. The van der Waals surface area contributed by atoms with E-state index in [1.165, 1.54) is 0 Å². The lowest BCUT2D eigenvalue weighted by Crippen LogP contribution is -2.39. The van der Waals surface area contributed by atoms with Crippen LogP contribution in [0.15, 0.2) is 6.07 Å². The number of carbonyl (C=O) groups is 1. The molecule has 0 radical (unpaired) electrons. The molecule has 1 unspecified atom stereocenters. The smallest absolute Gasteiger partial charge is 0.275 e. The maximum atomic E-state index is 12.5. The number of aliphatic hydroxyl groups is 1. The molecule has 122 valence electrons. The minimum Gasteiger partial charge on any atom is -0.394 e. The van der Waals surface area contributed by atoms with Gasteiger partial charge in [-0.2, -0.15) is 0 Å². The molecule has 0 fully saturated rings. The highest BCUT2D eigenvalue weighted by atomic mass is 16.6. The SMILES string of the molecule is Cc1cc(C)c([N+](=O)[O-])c(C)c1C(=O)NC(CO)CC(C)C. The van der Waals surface area contributed by atoms with Crippen molar-refractivity contribution < 1.29 is 14.8 Å². The maximum absolute atomic E-state index is 12.5. The number of carbonyl (C=O) groups excluding carboxylic acids is 1. The topological polar surface area (TPSA) is 92.5 Å².